The van der Waals surface area contributed by atoms with Gasteiger partial charge in [0, 0.05) is 30.6 Å². The molecule has 0 bridgehead atoms. The number of aromatic nitrogens is 3. The number of rotatable bonds is 4. The molecule has 0 saturated carbocycles. The highest BCUT2D eigenvalue weighted by Crippen LogP contribution is 2.37. The van der Waals surface area contributed by atoms with Crippen LogP contribution in [0.5, 0.6) is 5.75 Å². The Morgan fingerprint density at radius 3 is 2.88 bits per heavy atom. The van der Waals surface area contributed by atoms with Gasteiger partial charge in [0.15, 0.2) is 0 Å². The van der Waals surface area contributed by atoms with Crippen molar-refractivity contribution >= 4 is 5.91 Å². The van der Waals surface area contributed by atoms with E-state index < -0.39 is 0 Å². The lowest BCUT2D eigenvalue weighted by atomic mass is 10.0. The van der Waals surface area contributed by atoms with E-state index in [1.165, 1.54) is 18.6 Å². The zero-order valence-corrected chi connectivity index (χ0v) is 13.4. The third-order valence-corrected chi connectivity index (χ3v) is 4.06. The normalized spacial score (nSPS) is 15.3. The average Bonchev–Trinajstić information content (AvgIpc) is 3.10. The summed E-state index contributed by atoms with van der Waals surface area (Å²) in [5.41, 5.74) is 3.28. The van der Waals surface area contributed by atoms with E-state index in [2.05, 4.69) is 20.3 Å². The zero-order chi connectivity index (χ0) is 17.1. The van der Waals surface area contributed by atoms with Crippen molar-refractivity contribution in [3.63, 3.8) is 0 Å². The fraction of sp³-hybridized carbons (Fsp3) is 0.158. The van der Waals surface area contributed by atoms with E-state index in [-0.39, 0.29) is 12.0 Å². The lowest BCUT2D eigenvalue weighted by Crippen LogP contribution is -2.34. The van der Waals surface area contributed by atoms with Gasteiger partial charge in [-0.05, 0) is 23.8 Å². The summed E-state index contributed by atoms with van der Waals surface area (Å²) in [6.45, 7) is 0.408. The van der Waals surface area contributed by atoms with Gasteiger partial charge in [0.05, 0.1) is 18.4 Å². The molecule has 3 heterocycles. The molecule has 1 aliphatic rings. The summed E-state index contributed by atoms with van der Waals surface area (Å²) in [4.78, 5) is 24.4. The smallest absolute Gasteiger partial charge is 0.271 e. The summed E-state index contributed by atoms with van der Waals surface area (Å²) in [6.07, 6.45) is 6.88. The van der Waals surface area contributed by atoms with Gasteiger partial charge in [0.2, 0.25) is 0 Å². The minimum Gasteiger partial charge on any atom is -0.487 e. The molecule has 0 saturated heterocycles. The molecule has 1 atom stereocenters. The number of para-hydroxylation sites is 1. The first-order valence-electron chi connectivity index (χ1n) is 8.05. The summed E-state index contributed by atoms with van der Waals surface area (Å²) in [5, 5.41) is 2.85. The van der Waals surface area contributed by atoms with Crippen LogP contribution in [0.2, 0.25) is 0 Å². The predicted octanol–water partition coefficient (Wildman–Crippen LogP) is 2.27. The largest absolute Gasteiger partial charge is 0.487 e. The third-order valence-electron chi connectivity index (χ3n) is 4.06. The van der Waals surface area contributed by atoms with Crippen LogP contribution in [-0.4, -0.2) is 33.5 Å². The first-order chi connectivity index (χ1) is 12.3. The molecule has 4 rings (SSSR count). The maximum absolute atomic E-state index is 12.1. The van der Waals surface area contributed by atoms with E-state index >= 15 is 0 Å². The van der Waals surface area contributed by atoms with Gasteiger partial charge in [-0.1, -0.05) is 18.2 Å². The number of nitrogens with one attached hydrogen (secondary N) is 1. The van der Waals surface area contributed by atoms with E-state index in [0.29, 0.717) is 12.2 Å². The van der Waals surface area contributed by atoms with Gasteiger partial charge in [-0.15, -0.1) is 0 Å². The molecule has 3 aromatic rings. The summed E-state index contributed by atoms with van der Waals surface area (Å²) >= 11 is 0. The van der Waals surface area contributed by atoms with Crippen molar-refractivity contribution in [2.75, 3.05) is 6.54 Å². The maximum atomic E-state index is 12.1. The summed E-state index contributed by atoms with van der Waals surface area (Å²) in [6, 6.07) is 11.9. The molecule has 6 heteroatoms. The number of amides is 1. The second-order valence-corrected chi connectivity index (χ2v) is 5.75. The molecule has 0 aliphatic carbocycles. The number of ether oxygens (including phenoxy) is 1. The number of benzene rings is 1. The van der Waals surface area contributed by atoms with Crippen LogP contribution in [0, 0.1) is 0 Å². The van der Waals surface area contributed by atoms with Gasteiger partial charge in [0.1, 0.15) is 17.5 Å². The van der Waals surface area contributed by atoms with Gasteiger partial charge >= 0.3 is 0 Å². The molecule has 1 amide bonds. The Morgan fingerprint density at radius 2 is 2.08 bits per heavy atom. The Bertz CT molecular complexity index is 884. The van der Waals surface area contributed by atoms with Gasteiger partial charge in [-0.2, -0.15) is 0 Å². The van der Waals surface area contributed by atoms with Crippen LogP contribution >= 0.6 is 0 Å². The standard InChI is InChI=1S/C19H16N4O2/c24-19(17-12-20-8-9-22-17)23-11-14-10-13-4-3-5-15(18(13)25-14)16-6-1-2-7-21-16/h1-9,12,14H,10-11H2,(H,23,24). The Hall–Kier alpha value is -3.28. The lowest BCUT2D eigenvalue weighted by Gasteiger charge is -2.13. The van der Waals surface area contributed by atoms with Crippen LogP contribution in [0.25, 0.3) is 11.3 Å². The Balaban J connectivity index is 1.46. The molecule has 1 unspecified atom stereocenters. The van der Waals surface area contributed by atoms with Crippen LogP contribution in [-0.2, 0) is 6.42 Å². The molecule has 0 fully saturated rings. The second-order valence-electron chi connectivity index (χ2n) is 5.75. The van der Waals surface area contributed by atoms with E-state index in [1.54, 1.807) is 6.20 Å². The van der Waals surface area contributed by atoms with E-state index in [1.807, 2.05) is 36.4 Å². The molecular formula is C19H16N4O2. The molecule has 0 spiro atoms. The van der Waals surface area contributed by atoms with Gasteiger partial charge < -0.3 is 10.1 Å². The number of hydrogen-bond acceptors (Lipinski definition) is 5. The molecule has 1 N–H and O–H groups in total. The van der Waals surface area contributed by atoms with Crippen molar-refractivity contribution in [3.05, 3.63) is 72.4 Å². The molecule has 0 radical (unpaired) electrons. The van der Waals surface area contributed by atoms with Crippen molar-refractivity contribution < 1.29 is 9.53 Å². The number of nitrogens with zero attached hydrogens (tertiary/aromatic N) is 3. The Morgan fingerprint density at radius 1 is 1.12 bits per heavy atom. The van der Waals surface area contributed by atoms with Gasteiger partial charge in [-0.25, -0.2) is 4.98 Å². The highest BCUT2D eigenvalue weighted by atomic mass is 16.5. The van der Waals surface area contributed by atoms with E-state index in [0.717, 1.165) is 29.0 Å². The highest BCUT2D eigenvalue weighted by molar-refractivity contribution is 5.91. The second kappa shape index (κ2) is 6.68. The molecule has 6 nitrogen and oxygen atoms in total. The number of carbonyl (C=O) groups excluding carboxylic acids is 1. The monoisotopic (exact) mass is 332 g/mol. The van der Waals surface area contributed by atoms with Crippen molar-refractivity contribution in [2.24, 2.45) is 0 Å². The van der Waals surface area contributed by atoms with Crippen LogP contribution in [0.15, 0.2) is 61.2 Å². The summed E-state index contributed by atoms with van der Waals surface area (Å²) in [5.74, 6) is 0.595. The van der Waals surface area contributed by atoms with Crippen molar-refractivity contribution in [2.45, 2.75) is 12.5 Å². The predicted molar refractivity (Wildman–Crippen MR) is 92.2 cm³/mol. The minimum absolute atomic E-state index is 0.111. The number of hydrogen-bond donors (Lipinski definition) is 1. The number of fused-ring (bicyclic) bond motifs is 1. The zero-order valence-electron chi connectivity index (χ0n) is 13.4. The molecule has 124 valence electrons. The fourth-order valence-electron chi connectivity index (χ4n) is 2.89. The summed E-state index contributed by atoms with van der Waals surface area (Å²) in [7, 11) is 0. The van der Waals surface area contributed by atoms with Crippen LogP contribution in [0.3, 0.4) is 0 Å². The van der Waals surface area contributed by atoms with Gasteiger partial charge in [-0.3, -0.25) is 14.8 Å². The molecule has 2 aromatic heterocycles. The fourth-order valence-corrected chi connectivity index (χ4v) is 2.89. The van der Waals surface area contributed by atoms with Crippen LogP contribution in [0.4, 0.5) is 0 Å². The number of carbonyl (C=O) groups is 1. The molecule has 25 heavy (non-hydrogen) atoms. The first-order valence-corrected chi connectivity index (χ1v) is 8.05. The van der Waals surface area contributed by atoms with Gasteiger partial charge in [0.25, 0.3) is 5.91 Å². The van der Waals surface area contributed by atoms with Crippen LogP contribution in [0.1, 0.15) is 16.1 Å². The summed E-state index contributed by atoms with van der Waals surface area (Å²) < 4.78 is 6.09. The first kappa shape index (κ1) is 15.3. The molecule has 1 aliphatic heterocycles. The van der Waals surface area contributed by atoms with E-state index in [9.17, 15) is 4.79 Å². The van der Waals surface area contributed by atoms with Crippen molar-refractivity contribution in [3.8, 4) is 17.0 Å². The minimum atomic E-state index is -0.252. The number of pyridine rings is 1. The topological polar surface area (TPSA) is 77.0 Å². The molecular weight excluding hydrogens is 316 g/mol. The SMILES string of the molecule is O=C(NCC1Cc2cccc(-c3ccccn3)c2O1)c1cnccn1. The highest BCUT2D eigenvalue weighted by Gasteiger charge is 2.26. The molecule has 1 aromatic carbocycles. The average molecular weight is 332 g/mol. The Labute approximate surface area is 144 Å². The van der Waals surface area contributed by atoms with E-state index in [4.69, 9.17) is 4.74 Å². The maximum Gasteiger partial charge on any atom is 0.271 e. The Kier molecular flexibility index (Phi) is 4.08. The lowest BCUT2D eigenvalue weighted by molar-refractivity contribution is 0.0928. The quantitative estimate of drug-likeness (QED) is 0.793. The van der Waals surface area contributed by atoms with Crippen LogP contribution < -0.4 is 10.1 Å². The van der Waals surface area contributed by atoms with Crippen molar-refractivity contribution in [1.82, 2.24) is 20.3 Å². The van der Waals surface area contributed by atoms with Crippen molar-refractivity contribution in [1.29, 1.82) is 0 Å². The third kappa shape index (κ3) is 3.19.